The van der Waals surface area contributed by atoms with Crippen molar-refractivity contribution < 1.29 is 4.39 Å². The molecule has 1 aromatic carbocycles. The minimum Gasteiger partial charge on any atom is -0.205 e. The Kier molecular flexibility index (Phi) is 2.39. The summed E-state index contributed by atoms with van der Waals surface area (Å²) in [5.74, 6) is -0.122. The zero-order chi connectivity index (χ0) is 9.42. The van der Waals surface area contributed by atoms with Crippen molar-refractivity contribution in [1.29, 1.82) is 0 Å². The Balaban J connectivity index is 2.83. The summed E-state index contributed by atoms with van der Waals surface area (Å²) in [5.41, 5.74) is 0. The molecule has 0 aliphatic heterocycles. The van der Waals surface area contributed by atoms with Gasteiger partial charge in [-0.1, -0.05) is 19.1 Å². The smallest absolute Gasteiger partial charge is 0.141 e. The van der Waals surface area contributed by atoms with Gasteiger partial charge in [0.15, 0.2) is 0 Å². The molecule has 0 aliphatic rings. The number of fused-ring (bicyclic) bond motifs is 1. The first-order valence-electron chi connectivity index (χ1n) is 4.09. The van der Waals surface area contributed by atoms with Crippen molar-refractivity contribution in [2.45, 2.75) is 13.3 Å². The van der Waals surface area contributed by atoms with Crippen molar-refractivity contribution in [2.75, 3.05) is 0 Å². The van der Waals surface area contributed by atoms with Gasteiger partial charge in [-0.05, 0) is 28.4 Å². The monoisotopic (exact) mass is 258 g/mol. The van der Waals surface area contributed by atoms with E-state index in [0.29, 0.717) is 0 Å². The molecule has 0 N–H and O–H groups in total. The number of halogens is 2. The summed E-state index contributed by atoms with van der Waals surface area (Å²) in [7, 11) is 0. The zero-order valence-corrected chi connectivity index (χ0v) is 9.51. The van der Waals surface area contributed by atoms with E-state index in [2.05, 4.69) is 22.9 Å². The van der Waals surface area contributed by atoms with Crippen LogP contribution in [0.5, 0.6) is 0 Å². The van der Waals surface area contributed by atoms with E-state index >= 15 is 0 Å². The average molecular weight is 259 g/mol. The van der Waals surface area contributed by atoms with Gasteiger partial charge < -0.3 is 0 Å². The van der Waals surface area contributed by atoms with Crippen molar-refractivity contribution in [3.8, 4) is 0 Å². The number of rotatable bonds is 1. The molecule has 0 amide bonds. The summed E-state index contributed by atoms with van der Waals surface area (Å²) in [4.78, 5) is 1.21. The normalized spacial score (nSPS) is 11.0. The molecule has 0 spiro atoms. The molecular weight excluding hydrogens is 251 g/mol. The highest BCUT2D eigenvalue weighted by molar-refractivity contribution is 9.10. The number of thiophene rings is 1. The molecule has 0 radical (unpaired) electrons. The molecule has 68 valence electrons. The van der Waals surface area contributed by atoms with E-state index in [1.54, 1.807) is 6.07 Å². The summed E-state index contributed by atoms with van der Waals surface area (Å²) in [6.45, 7) is 2.08. The molecule has 0 bridgehead atoms. The van der Waals surface area contributed by atoms with Crippen molar-refractivity contribution in [2.24, 2.45) is 0 Å². The molecule has 0 atom stereocenters. The number of aryl methyl sites for hydroxylation is 1. The lowest BCUT2D eigenvalue weighted by atomic mass is 10.2. The molecule has 2 aromatic rings. The molecule has 1 heterocycles. The van der Waals surface area contributed by atoms with E-state index in [1.165, 1.54) is 22.3 Å². The maximum Gasteiger partial charge on any atom is 0.141 e. The minimum atomic E-state index is -0.122. The third-order valence-corrected chi connectivity index (χ3v) is 4.52. The number of hydrogen-bond acceptors (Lipinski definition) is 1. The molecule has 0 saturated carbocycles. The second kappa shape index (κ2) is 3.39. The van der Waals surface area contributed by atoms with Gasteiger partial charge in [-0.3, -0.25) is 0 Å². The number of hydrogen-bond donors (Lipinski definition) is 0. The summed E-state index contributed by atoms with van der Waals surface area (Å²) < 4.78 is 15.1. The zero-order valence-electron chi connectivity index (χ0n) is 7.10. The molecule has 3 heteroatoms. The van der Waals surface area contributed by atoms with Crippen LogP contribution >= 0.6 is 27.3 Å². The molecule has 0 nitrogen and oxygen atoms in total. The van der Waals surface area contributed by atoms with Gasteiger partial charge in [0.2, 0.25) is 0 Å². The molecule has 2 rings (SSSR count). The maximum atomic E-state index is 13.3. The lowest BCUT2D eigenvalue weighted by Crippen LogP contribution is -1.72. The Hall–Kier alpha value is -0.410. The lowest BCUT2D eigenvalue weighted by Gasteiger charge is -1.90. The average Bonchev–Trinajstić information content (AvgIpc) is 2.45. The van der Waals surface area contributed by atoms with E-state index in [9.17, 15) is 4.39 Å². The van der Waals surface area contributed by atoms with Crippen molar-refractivity contribution in [3.05, 3.63) is 33.4 Å². The second-order valence-electron chi connectivity index (χ2n) is 2.81. The van der Waals surface area contributed by atoms with Crippen LogP contribution in [0.2, 0.25) is 0 Å². The van der Waals surface area contributed by atoms with Crippen molar-refractivity contribution in [1.82, 2.24) is 0 Å². The van der Waals surface area contributed by atoms with Crippen LogP contribution in [0.3, 0.4) is 0 Å². The maximum absolute atomic E-state index is 13.3. The SMILES string of the molecule is CCc1sc2c(F)cccc2c1Br. The summed E-state index contributed by atoms with van der Waals surface area (Å²) in [6.07, 6.45) is 0.944. The standard InChI is InChI=1S/C10H8BrFS/c1-2-8-9(11)6-4-3-5-7(12)10(6)13-8/h3-5H,2H2,1H3. The highest BCUT2D eigenvalue weighted by Gasteiger charge is 2.10. The van der Waals surface area contributed by atoms with Crippen molar-refractivity contribution in [3.63, 3.8) is 0 Å². The third-order valence-electron chi connectivity index (χ3n) is 1.99. The van der Waals surface area contributed by atoms with Gasteiger partial charge in [-0.15, -0.1) is 11.3 Å². The van der Waals surface area contributed by atoms with Gasteiger partial charge in [0.1, 0.15) is 5.82 Å². The Morgan fingerprint density at radius 3 is 2.85 bits per heavy atom. The first-order chi connectivity index (χ1) is 6.24. The third kappa shape index (κ3) is 1.40. The van der Waals surface area contributed by atoms with Gasteiger partial charge in [-0.25, -0.2) is 4.39 Å². The Morgan fingerprint density at radius 1 is 1.46 bits per heavy atom. The predicted molar refractivity (Wildman–Crippen MR) is 58.9 cm³/mol. The molecule has 0 saturated heterocycles. The molecule has 13 heavy (non-hydrogen) atoms. The van der Waals surface area contributed by atoms with Gasteiger partial charge in [0.05, 0.1) is 4.70 Å². The van der Waals surface area contributed by atoms with Crippen LogP contribution in [0.1, 0.15) is 11.8 Å². The van der Waals surface area contributed by atoms with E-state index in [4.69, 9.17) is 0 Å². The fourth-order valence-corrected chi connectivity index (χ4v) is 3.35. The van der Waals surface area contributed by atoms with Crippen LogP contribution in [0.15, 0.2) is 22.7 Å². The molecule has 0 aliphatic carbocycles. The second-order valence-corrected chi connectivity index (χ2v) is 4.71. The number of benzene rings is 1. The summed E-state index contributed by atoms with van der Waals surface area (Å²) in [5, 5.41) is 0.988. The summed E-state index contributed by atoms with van der Waals surface area (Å²) >= 11 is 5.02. The van der Waals surface area contributed by atoms with Crippen LogP contribution in [0.25, 0.3) is 10.1 Å². The van der Waals surface area contributed by atoms with E-state index in [-0.39, 0.29) is 5.82 Å². The Labute approximate surface area is 88.5 Å². The van der Waals surface area contributed by atoms with E-state index in [0.717, 1.165) is 21.0 Å². The lowest BCUT2D eigenvalue weighted by molar-refractivity contribution is 0.641. The van der Waals surface area contributed by atoms with Crippen LogP contribution in [-0.2, 0) is 6.42 Å². The van der Waals surface area contributed by atoms with Crippen LogP contribution in [0, 0.1) is 5.82 Å². The minimum absolute atomic E-state index is 0.122. The largest absolute Gasteiger partial charge is 0.205 e. The molecule has 1 aromatic heterocycles. The predicted octanol–water partition coefficient (Wildman–Crippen LogP) is 4.37. The van der Waals surface area contributed by atoms with E-state index < -0.39 is 0 Å². The Bertz CT molecular complexity index is 447. The van der Waals surface area contributed by atoms with Gasteiger partial charge in [0.25, 0.3) is 0 Å². The van der Waals surface area contributed by atoms with E-state index in [1.807, 2.05) is 6.07 Å². The fourth-order valence-electron chi connectivity index (χ4n) is 1.33. The van der Waals surface area contributed by atoms with Gasteiger partial charge >= 0.3 is 0 Å². The fraction of sp³-hybridized carbons (Fsp3) is 0.200. The quantitative estimate of drug-likeness (QED) is 0.713. The molecule has 0 unspecified atom stereocenters. The highest BCUT2D eigenvalue weighted by atomic mass is 79.9. The van der Waals surface area contributed by atoms with Crippen LogP contribution in [-0.4, -0.2) is 0 Å². The Morgan fingerprint density at radius 2 is 2.23 bits per heavy atom. The van der Waals surface area contributed by atoms with Crippen LogP contribution in [0.4, 0.5) is 4.39 Å². The first-order valence-corrected chi connectivity index (χ1v) is 5.70. The van der Waals surface area contributed by atoms with Gasteiger partial charge in [0, 0.05) is 14.7 Å². The topological polar surface area (TPSA) is 0 Å². The van der Waals surface area contributed by atoms with Crippen molar-refractivity contribution >= 4 is 37.4 Å². The summed E-state index contributed by atoms with van der Waals surface area (Å²) in [6, 6.07) is 5.19. The molecule has 0 fully saturated rings. The highest BCUT2D eigenvalue weighted by Crippen LogP contribution is 2.36. The first kappa shape index (κ1) is 9.16. The molecular formula is C10H8BrFS. The van der Waals surface area contributed by atoms with Crippen LogP contribution < -0.4 is 0 Å². The van der Waals surface area contributed by atoms with Gasteiger partial charge in [-0.2, -0.15) is 0 Å².